The molecule has 2 saturated heterocycles. The molecule has 3 heterocycles. The van der Waals surface area contributed by atoms with Gasteiger partial charge in [0.25, 0.3) is 0 Å². The van der Waals surface area contributed by atoms with Crippen LogP contribution in [0.3, 0.4) is 0 Å². The van der Waals surface area contributed by atoms with E-state index in [-0.39, 0.29) is 36.5 Å². The molecule has 28 heavy (non-hydrogen) atoms. The Bertz CT molecular complexity index is 1050. The molecule has 6 heteroatoms. The Hall–Kier alpha value is -2.38. The van der Waals surface area contributed by atoms with Crippen LogP contribution in [0.4, 0.5) is 0 Å². The summed E-state index contributed by atoms with van der Waals surface area (Å²) in [5, 5.41) is 0. The zero-order chi connectivity index (χ0) is 19.2. The highest BCUT2D eigenvalue weighted by Gasteiger charge is 2.57. The molecule has 0 aromatic heterocycles. The van der Waals surface area contributed by atoms with E-state index in [9.17, 15) is 9.59 Å². The molecule has 142 valence electrons. The third-order valence-electron chi connectivity index (χ3n) is 5.95. The van der Waals surface area contributed by atoms with Crippen molar-refractivity contribution in [2.45, 2.75) is 50.8 Å². The van der Waals surface area contributed by atoms with Gasteiger partial charge in [0.1, 0.15) is 18.3 Å². The number of fused-ring (bicyclic) bond motifs is 8. The van der Waals surface area contributed by atoms with Gasteiger partial charge in [-0.3, -0.25) is 9.59 Å². The van der Waals surface area contributed by atoms with Crippen molar-refractivity contribution >= 4 is 11.6 Å². The van der Waals surface area contributed by atoms with E-state index in [0.717, 1.165) is 11.1 Å². The Morgan fingerprint density at radius 3 is 2.43 bits per heavy atom. The Morgan fingerprint density at radius 2 is 1.64 bits per heavy atom. The first-order valence-corrected chi connectivity index (χ1v) is 9.41. The van der Waals surface area contributed by atoms with Gasteiger partial charge in [0, 0.05) is 22.3 Å². The maximum Gasteiger partial charge on any atom is 0.194 e. The fourth-order valence-electron chi connectivity index (χ4n) is 4.78. The van der Waals surface area contributed by atoms with Crippen LogP contribution in [-0.4, -0.2) is 35.9 Å². The highest BCUT2D eigenvalue weighted by molar-refractivity contribution is 6.29. The second-order valence-corrected chi connectivity index (χ2v) is 8.06. The van der Waals surface area contributed by atoms with Crippen LogP contribution in [-0.2, 0) is 25.6 Å². The van der Waals surface area contributed by atoms with E-state index >= 15 is 0 Å². The quantitative estimate of drug-likeness (QED) is 0.599. The number of carbonyl (C=O) groups excluding carboxylic acids is 2. The average Bonchev–Trinajstić information content (AvgIpc) is 3.17. The summed E-state index contributed by atoms with van der Waals surface area (Å²) in [6.45, 7) is 3.92. The number of hydrogen-bond acceptors (Lipinski definition) is 6. The van der Waals surface area contributed by atoms with Crippen LogP contribution in [0, 0.1) is 0 Å². The number of rotatable bonds is 0. The van der Waals surface area contributed by atoms with Gasteiger partial charge in [-0.2, -0.15) is 0 Å². The van der Waals surface area contributed by atoms with Gasteiger partial charge in [0.05, 0.1) is 6.61 Å². The maximum atomic E-state index is 13.2. The summed E-state index contributed by atoms with van der Waals surface area (Å²) in [5.41, 5.74) is 3.35. The zero-order valence-electron chi connectivity index (χ0n) is 15.4. The van der Waals surface area contributed by atoms with Gasteiger partial charge in [0.2, 0.25) is 0 Å². The summed E-state index contributed by atoms with van der Waals surface area (Å²) in [6, 6.07) is 10.5. The summed E-state index contributed by atoms with van der Waals surface area (Å²) in [5.74, 6) is -0.991. The van der Waals surface area contributed by atoms with Crippen molar-refractivity contribution in [1.29, 1.82) is 0 Å². The monoisotopic (exact) mass is 378 g/mol. The Labute approximate surface area is 161 Å². The third kappa shape index (κ3) is 2.06. The van der Waals surface area contributed by atoms with Gasteiger partial charge in [-0.1, -0.05) is 30.3 Å². The number of ether oxygens (including phenoxy) is 4. The van der Waals surface area contributed by atoms with Gasteiger partial charge in [-0.15, -0.1) is 0 Å². The molecular weight excluding hydrogens is 360 g/mol. The highest BCUT2D eigenvalue weighted by Crippen LogP contribution is 2.49. The Kier molecular flexibility index (Phi) is 3.17. The molecule has 1 aliphatic carbocycles. The van der Waals surface area contributed by atoms with Gasteiger partial charge in [-0.25, -0.2) is 0 Å². The van der Waals surface area contributed by atoms with Crippen molar-refractivity contribution in [3.8, 4) is 0 Å². The van der Waals surface area contributed by atoms with E-state index < -0.39 is 12.1 Å². The summed E-state index contributed by atoms with van der Waals surface area (Å²) in [7, 11) is 0. The summed E-state index contributed by atoms with van der Waals surface area (Å²) in [4.78, 5) is 26.1. The summed E-state index contributed by atoms with van der Waals surface area (Å²) >= 11 is 0. The Morgan fingerprint density at radius 1 is 0.893 bits per heavy atom. The largest absolute Gasteiger partial charge is 0.367 e. The van der Waals surface area contributed by atoms with E-state index in [1.807, 2.05) is 19.9 Å². The van der Waals surface area contributed by atoms with Crippen molar-refractivity contribution in [3.63, 3.8) is 0 Å². The fourth-order valence-corrected chi connectivity index (χ4v) is 4.78. The maximum absolute atomic E-state index is 13.2. The average molecular weight is 378 g/mol. The van der Waals surface area contributed by atoms with Crippen molar-refractivity contribution in [2.24, 2.45) is 0 Å². The summed E-state index contributed by atoms with van der Waals surface area (Å²) in [6.07, 6.45) is -1.52. The third-order valence-corrected chi connectivity index (χ3v) is 5.95. The fraction of sp³-hybridized carbons (Fsp3) is 0.364. The predicted octanol–water partition coefficient (Wildman–Crippen LogP) is 2.91. The van der Waals surface area contributed by atoms with Crippen LogP contribution < -0.4 is 0 Å². The number of hydrogen-bond donors (Lipinski definition) is 0. The Balaban J connectivity index is 1.45. The molecule has 3 aliphatic heterocycles. The molecule has 0 amide bonds. The lowest BCUT2D eigenvalue weighted by atomic mass is 9.79. The summed E-state index contributed by atoms with van der Waals surface area (Å²) < 4.78 is 24.0. The molecule has 6 rings (SSSR count). The van der Waals surface area contributed by atoms with Crippen LogP contribution in [0.15, 0.2) is 36.4 Å². The minimum atomic E-state index is -0.716. The lowest BCUT2D eigenvalue weighted by molar-refractivity contribution is -0.223. The molecule has 0 unspecified atom stereocenters. The van der Waals surface area contributed by atoms with Crippen LogP contribution in [0.5, 0.6) is 0 Å². The second kappa shape index (κ2) is 5.36. The van der Waals surface area contributed by atoms with Crippen LogP contribution >= 0.6 is 0 Å². The SMILES string of the molecule is CC1(C)O[C@H]2O[C@@H]3c4ccc5c(c4CO[C@@H]3[C@H]2O1)C(=O)c1ccccc1C5=O. The van der Waals surface area contributed by atoms with Gasteiger partial charge in [0.15, 0.2) is 23.6 Å². The first kappa shape index (κ1) is 16.6. The molecule has 4 atom stereocenters. The van der Waals surface area contributed by atoms with E-state index in [4.69, 9.17) is 18.9 Å². The minimum Gasteiger partial charge on any atom is -0.367 e. The van der Waals surface area contributed by atoms with E-state index in [0.29, 0.717) is 22.3 Å². The molecule has 2 fully saturated rings. The predicted molar refractivity (Wildman–Crippen MR) is 96.0 cm³/mol. The van der Waals surface area contributed by atoms with Gasteiger partial charge >= 0.3 is 0 Å². The van der Waals surface area contributed by atoms with E-state index in [2.05, 4.69) is 0 Å². The standard InChI is InChI=1S/C22H18O6/c1-22(2)27-20-19-18(26-21(20)28-22)12-7-8-13-15(14(12)9-25-19)17(24)11-6-4-3-5-10(11)16(13)23/h3-8,18-21H,9H2,1-2H3/t18-,19+,20-,21-/m1/s1. The van der Waals surface area contributed by atoms with Crippen LogP contribution in [0.2, 0.25) is 0 Å². The van der Waals surface area contributed by atoms with Crippen molar-refractivity contribution in [1.82, 2.24) is 0 Å². The molecule has 0 radical (unpaired) electrons. The second-order valence-electron chi connectivity index (χ2n) is 8.06. The highest BCUT2D eigenvalue weighted by atomic mass is 16.8. The van der Waals surface area contributed by atoms with Crippen molar-refractivity contribution < 1.29 is 28.5 Å². The molecule has 0 saturated carbocycles. The van der Waals surface area contributed by atoms with Crippen LogP contribution in [0.1, 0.15) is 62.9 Å². The van der Waals surface area contributed by atoms with E-state index in [1.165, 1.54) is 0 Å². The molecular formula is C22H18O6. The normalized spacial score (nSPS) is 31.6. The molecule has 2 aromatic rings. The van der Waals surface area contributed by atoms with Crippen LogP contribution in [0.25, 0.3) is 0 Å². The lowest BCUT2D eigenvalue weighted by Crippen LogP contribution is -2.37. The van der Waals surface area contributed by atoms with Gasteiger partial charge in [-0.05, 0) is 31.0 Å². The number of carbonyl (C=O) groups is 2. The molecule has 0 bridgehead atoms. The molecule has 6 nitrogen and oxygen atoms in total. The number of ketones is 2. The lowest BCUT2D eigenvalue weighted by Gasteiger charge is -2.33. The molecule has 4 aliphatic rings. The first-order valence-electron chi connectivity index (χ1n) is 9.41. The van der Waals surface area contributed by atoms with Crippen molar-refractivity contribution in [2.75, 3.05) is 0 Å². The molecule has 0 N–H and O–H groups in total. The van der Waals surface area contributed by atoms with Gasteiger partial charge < -0.3 is 18.9 Å². The molecule has 2 aromatic carbocycles. The first-order chi connectivity index (χ1) is 13.4. The smallest absolute Gasteiger partial charge is 0.194 e. The van der Waals surface area contributed by atoms with E-state index in [1.54, 1.807) is 30.3 Å². The zero-order valence-corrected chi connectivity index (χ0v) is 15.4. The molecule has 0 spiro atoms. The minimum absolute atomic E-state index is 0.132. The van der Waals surface area contributed by atoms with Crippen molar-refractivity contribution in [3.05, 3.63) is 69.8 Å². The topological polar surface area (TPSA) is 71.1 Å². The number of benzene rings is 2.